The summed E-state index contributed by atoms with van der Waals surface area (Å²) in [5.41, 5.74) is 5.78. The maximum atomic E-state index is 12.3. The molecule has 0 heterocycles. The maximum Gasteiger partial charge on any atom is 0.342 e. The first-order chi connectivity index (χ1) is 22.4. The van der Waals surface area contributed by atoms with E-state index in [1.165, 1.54) is 54.6 Å². The number of nitro groups is 2. The van der Waals surface area contributed by atoms with Crippen molar-refractivity contribution >= 4 is 46.6 Å². The number of ether oxygens (including phenoxy) is 2. The Labute approximate surface area is 267 Å². The van der Waals surface area contributed by atoms with Crippen molar-refractivity contribution in [1.82, 2.24) is 0 Å². The number of carboxylic acids is 1. The monoisotopic (exact) mass is 646 g/mol. The number of nitrogens with two attached hydrogens (primary N) is 1. The van der Waals surface area contributed by atoms with Crippen molar-refractivity contribution in [2.45, 2.75) is 13.8 Å². The molecule has 0 aliphatic carbocycles. The number of nitrogen functional groups attached to an aromatic ring is 1. The quantitative estimate of drug-likeness (QED) is 0.0852. The number of nitrogens with one attached hydrogen (secondary N) is 1. The van der Waals surface area contributed by atoms with E-state index >= 15 is 0 Å². The molecule has 244 valence electrons. The summed E-state index contributed by atoms with van der Waals surface area (Å²) >= 11 is 0. The SMILES string of the molecule is CCOC(=O)c1ccccc1N.CCOC(=O)c1ccccc1NC(=O)c1ccccc1[N+](=O)[O-].O=C(O)c1ccccc1[N+](=O)[O-]. The molecule has 0 saturated carbocycles. The summed E-state index contributed by atoms with van der Waals surface area (Å²) < 4.78 is 9.71. The number of carbonyl (C=O) groups is 4. The average molecular weight is 647 g/mol. The van der Waals surface area contributed by atoms with Crippen LogP contribution in [0.2, 0.25) is 0 Å². The summed E-state index contributed by atoms with van der Waals surface area (Å²) in [6, 6.07) is 24.0. The Morgan fingerprint density at radius 2 is 1.06 bits per heavy atom. The third kappa shape index (κ3) is 10.8. The van der Waals surface area contributed by atoms with Gasteiger partial charge in [-0.25, -0.2) is 14.4 Å². The van der Waals surface area contributed by atoms with E-state index in [4.69, 9.17) is 20.3 Å². The summed E-state index contributed by atoms with van der Waals surface area (Å²) in [5.74, 6) is -2.90. The highest BCUT2D eigenvalue weighted by molar-refractivity contribution is 6.10. The van der Waals surface area contributed by atoms with Gasteiger partial charge in [-0.1, -0.05) is 48.5 Å². The molecule has 4 aromatic carbocycles. The molecule has 0 fully saturated rings. The summed E-state index contributed by atoms with van der Waals surface area (Å²) in [5, 5.41) is 32.3. The lowest BCUT2D eigenvalue weighted by molar-refractivity contribution is -0.385. The lowest BCUT2D eigenvalue weighted by Gasteiger charge is -2.10. The van der Waals surface area contributed by atoms with E-state index in [1.807, 2.05) is 0 Å². The van der Waals surface area contributed by atoms with E-state index in [0.29, 0.717) is 17.9 Å². The van der Waals surface area contributed by atoms with Gasteiger partial charge in [-0.05, 0) is 50.2 Å². The normalized spacial score (nSPS) is 9.66. The second-order valence-electron chi connectivity index (χ2n) is 8.88. The number of carboxylic acid groups (broad SMARTS) is 1. The lowest BCUT2D eigenvalue weighted by atomic mass is 10.1. The largest absolute Gasteiger partial charge is 0.477 e. The Kier molecular flexibility index (Phi) is 14.2. The number of anilines is 2. The fraction of sp³-hybridized carbons (Fsp3) is 0.125. The van der Waals surface area contributed by atoms with Crippen LogP contribution in [-0.4, -0.2) is 52.0 Å². The van der Waals surface area contributed by atoms with Crippen molar-refractivity contribution in [2.24, 2.45) is 0 Å². The van der Waals surface area contributed by atoms with Crippen LogP contribution in [0.5, 0.6) is 0 Å². The molecule has 15 heteroatoms. The van der Waals surface area contributed by atoms with Crippen molar-refractivity contribution in [3.8, 4) is 0 Å². The van der Waals surface area contributed by atoms with Gasteiger partial charge < -0.3 is 25.6 Å². The second kappa shape index (κ2) is 18.2. The molecule has 4 aromatic rings. The highest BCUT2D eigenvalue weighted by Crippen LogP contribution is 2.22. The molecule has 1 amide bonds. The van der Waals surface area contributed by atoms with Gasteiger partial charge in [0.2, 0.25) is 0 Å². The van der Waals surface area contributed by atoms with Gasteiger partial charge in [0.1, 0.15) is 11.1 Å². The van der Waals surface area contributed by atoms with Crippen LogP contribution in [-0.2, 0) is 9.47 Å². The zero-order valence-electron chi connectivity index (χ0n) is 25.2. The predicted octanol–water partition coefficient (Wildman–Crippen LogP) is 5.76. The number of para-hydroxylation sites is 4. The molecule has 0 atom stereocenters. The minimum atomic E-state index is -1.29. The Morgan fingerprint density at radius 3 is 1.53 bits per heavy atom. The molecule has 0 aliphatic rings. The Morgan fingerprint density at radius 1 is 0.660 bits per heavy atom. The highest BCUT2D eigenvalue weighted by atomic mass is 16.6. The number of amides is 1. The van der Waals surface area contributed by atoms with E-state index < -0.39 is 27.7 Å². The van der Waals surface area contributed by atoms with Crippen LogP contribution in [0.4, 0.5) is 22.7 Å². The third-order valence-corrected chi connectivity index (χ3v) is 5.80. The molecule has 0 unspecified atom stereocenters. The van der Waals surface area contributed by atoms with Gasteiger partial charge in [0.05, 0.1) is 39.9 Å². The predicted molar refractivity (Wildman–Crippen MR) is 170 cm³/mol. The van der Waals surface area contributed by atoms with Crippen LogP contribution in [0.15, 0.2) is 97.1 Å². The molecular formula is C32H30N4O11. The molecule has 0 saturated heterocycles. The number of rotatable bonds is 9. The molecule has 0 radical (unpaired) electrons. The van der Waals surface area contributed by atoms with Crippen molar-refractivity contribution in [3.63, 3.8) is 0 Å². The average Bonchev–Trinajstić information content (AvgIpc) is 3.06. The van der Waals surface area contributed by atoms with E-state index in [1.54, 1.807) is 50.2 Å². The van der Waals surface area contributed by atoms with Crippen LogP contribution in [0, 0.1) is 20.2 Å². The molecule has 0 aromatic heterocycles. The molecule has 4 rings (SSSR count). The molecule has 47 heavy (non-hydrogen) atoms. The minimum Gasteiger partial charge on any atom is -0.477 e. The first kappa shape index (κ1) is 36.6. The molecule has 4 N–H and O–H groups in total. The number of hydrogen-bond donors (Lipinski definition) is 3. The van der Waals surface area contributed by atoms with Crippen LogP contribution in [0.3, 0.4) is 0 Å². The van der Waals surface area contributed by atoms with E-state index in [-0.39, 0.29) is 46.3 Å². The van der Waals surface area contributed by atoms with Gasteiger partial charge in [0, 0.05) is 17.8 Å². The number of nitrogens with zero attached hydrogens (tertiary/aromatic N) is 2. The first-order valence-electron chi connectivity index (χ1n) is 13.7. The second-order valence-corrected chi connectivity index (χ2v) is 8.88. The van der Waals surface area contributed by atoms with Crippen molar-refractivity contribution in [3.05, 3.63) is 140 Å². The number of benzene rings is 4. The number of esters is 2. The van der Waals surface area contributed by atoms with Gasteiger partial charge in [0.15, 0.2) is 0 Å². The van der Waals surface area contributed by atoms with Gasteiger partial charge in [-0.3, -0.25) is 25.0 Å². The Bertz CT molecular complexity index is 1730. The summed E-state index contributed by atoms with van der Waals surface area (Å²) in [6.45, 7) is 4.00. The van der Waals surface area contributed by atoms with Crippen molar-refractivity contribution < 1.29 is 43.6 Å². The van der Waals surface area contributed by atoms with E-state index in [0.717, 1.165) is 6.07 Å². The number of nitro benzene ring substituents is 2. The third-order valence-electron chi connectivity index (χ3n) is 5.80. The maximum absolute atomic E-state index is 12.3. The van der Waals surface area contributed by atoms with Gasteiger partial charge in [-0.2, -0.15) is 0 Å². The van der Waals surface area contributed by atoms with Gasteiger partial charge >= 0.3 is 17.9 Å². The zero-order valence-corrected chi connectivity index (χ0v) is 25.2. The molecule has 0 bridgehead atoms. The van der Waals surface area contributed by atoms with Crippen molar-refractivity contribution in [2.75, 3.05) is 24.3 Å². The number of aromatic carboxylic acids is 1. The fourth-order valence-corrected chi connectivity index (χ4v) is 3.70. The standard InChI is InChI=1S/C16H14N2O5.C9H11NO2.C7H5NO4/c1-2-23-16(20)11-7-3-5-9-13(11)17-15(19)12-8-4-6-10-14(12)18(21)22;1-2-12-9(11)7-5-3-4-6-8(7)10;9-7(10)5-3-1-2-4-6(5)8(11)12/h3-10H,2H2,1H3,(H,17,19);3-6H,2,10H2,1H3;1-4H,(H,9,10). The first-order valence-corrected chi connectivity index (χ1v) is 13.7. The Hall–Kier alpha value is -6.64. The minimum absolute atomic E-state index is 0.0869. The topological polar surface area (TPSA) is 231 Å². The fourth-order valence-electron chi connectivity index (χ4n) is 3.70. The van der Waals surface area contributed by atoms with Crippen molar-refractivity contribution in [1.29, 1.82) is 0 Å². The van der Waals surface area contributed by atoms with Crippen LogP contribution >= 0.6 is 0 Å². The smallest absolute Gasteiger partial charge is 0.342 e. The highest BCUT2D eigenvalue weighted by Gasteiger charge is 2.21. The summed E-state index contributed by atoms with van der Waals surface area (Å²) in [4.78, 5) is 65.7. The van der Waals surface area contributed by atoms with Crippen LogP contribution < -0.4 is 11.1 Å². The number of carbonyl (C=O) groups excluding carboxylic acids is 3. The molecule has 15 nitrogen and oxygen atoms in total. The number of hydrogen-bond acceptors (Lipinski definition) is 11. The summed E-state index contributed by atoms with van der Waals surface area (Å²) in [7, 11) is 0. The molecule has 0 spiro atoms. The van der Waals surface area contributed by atoms with Crippen LogP contribution in [0.1, 0.15) is 55.3 Å². The molecular weight excluding hydrogens is 616 g/mol. The lowest BCUT2D eigenvalue weighted by Crippen LogP contribution is -2.17. The van der Waals surface area contributed by atoms with Gasteiger partial charge in [0.25, 0.3) is 17.3 Å². The zero-order chi connectivity index (χ0) is 34.9. The Balaban J connectivity index is 0.000000270. The van der Waals surface area contributed by atoms with Crippen LogP contribution in [0.25, 0.3) is 0 Å². The van der Waals surface area contributed by atoms with Gasteiger partial charge in [-0.15, -0.1) is 0 Å². The van der Waals surface area contributed by atoms with E-state index in [9.17, 15) is 39.4 Å². The van der Waals surface area contributed by atoms with E-state index in [2.05, 4.69) is 5.32 Å². The molecule has 0 aliphatic heterocycles. The summed E-state index contributed by atoms with van der Waals surface area (Å²) in [6.07, 6.45) is 0.